The monoisotopic (exact) mass is 385 g/mol. The Morgan fingerprint density at radius 1 is 1.16 bits per heavy atom. The van der Waals surface area contributed by atoms with Gasteiger partial charge < -0.3 is 14.7 Å². The number of halogens is 2. The summed E-state index contributed by atoms with van der Waals surface area (Å²) in [4.78, 5) is 3.47. The maximum absolute atomic E-state index is 13.2. The van der Waals surface area contributed by atoms with Gasteiger partial charge in [0.15, 0.2) is 17.8 Å². The largest absolute Gasteiger partial charge is 0.504 e. The van der Waals surface area contributed by atoms with Crippen LogP contribution in [0.2, 0.25) is 5.02 Å². The molecule has 1 heterocycles. The minimum atomic E-state index is -4.18. The average molecular weight is 386 g/mol. The zero-order valence-electron chi connectivity index (χ0n) is 12.1. The number of hydrogen-bond donors (Lipinski definition) is 3. The van der Waals surface area contributed by atoms with Crippen LogP contribution in [0.5, 0.6) is 11.5 Å². The first kappa shape index (κ1) is 17.0. The molecule has 0 aliphatic carbocycles. The van der Waals surface area contributed by atoms with E-state index in [0.717, 1.165) is 36.7 Å². The Balaban J connectivity index is 2.07. The molecule has 0 atom stereocenters. The van der Waals surface area contributed by atoms with Crippen LogP contribution >= 0.6 is 11.6 Å². The molecule has 2 aromatic carbocycles. The van der Waals surface area contributed by atoms with Crippen molar-refractivity contribution in [3.8, 4) is 23.0 Å². The molecule has 11 heteroatoms. The van der Waals surface area contributed by atoms with E-state index in [-0.39, 0.29) is 27.1 Å². The minimum Gasteiger partial charge on any atom is -0.504 e. The van der Waals surface area contributed by atoms with Crippen molar-refractivity contribution < 1.29 is 27.5 Å². The number of rotatable bonds is 4. The smallest absolute Gasteiger partial charge is 0.261 e. The summed E-state index contributed by atoms with van der Waals surface area (Å²) < 4.78 is 45.2. The summed E-state index contributed by atoms with van der Waals surface area (Å²) in [5.41, 5.74) is -0.107. The predicted molar refractivity (Wildman–Crippen MR) is 85.3 cm³/mol. The molecule has 0 unspecified atom stereocenters. The van der Waals surface area contributed by atoms with Crippen molar-refractivity contribution in [2.75, 3.05) is 4.72 Å². The van der Waals surface area contributed by atoms with Gasteiger partial charge in [0.2, 0.25) is 0 Å². The van der Waals surface area contributed by atoms with E-state index in [9.17, 15) is 23.0 Å². The number of nitrogens with one attached hydrogen (secondary N) is 1. The molecule has 0 saturated carbocycles. The first-order valence-electron chi connectivity index (χ1n) is 6.59. The molecule has 3 rings (SSSR count). The Bertz CT molecular complexity index is 1040. The quantitative estimate of drug-likeness (QED) is 0.465. The highest BCUT2D eigenvalue weighted by Crippen LogP contribution is 2.37. The third kappa shape index (κ3) is 3.35. The minimum absolute atomic E-state index is 0.0320. The zero-order chi connectivity index (χ0) is 18.2. The lowest BCUT2D eigenvalue weighted by Crippen LogP contribution is -2.14. The van der Waals surface area contributed by atoms with Crippen LogP contribution in [0.1, 0.15) is 0 Å². The second-order valence-corrected chi connectivity index (χ2v) is 6.90. The van der Waals surface area contributed by atoms with Crippen LogP contribution < -0.4 is 4.72 Å². The predicted octanol–water partition coefficient (Wildman–Crippen LogP) is 2.74. The molecule has 0 aliphatic rings. The molecule has 0 amide bonds. The summed E-state index contributed by atoms with van der Waals surface area (Å²) in [7, 11) is -4.18. The van der Waals surface area contributed by atoms with E-state index >= 15 is 0 Å². The van der Waals surface area contributed by atoms with E-state index in [1.165, 1.54) is 0 Å². The van der Waals surface area contributed by atoms with Crippen molar-refractivity contribution in [2.45, 2.75) is 4.90 Å². The summed E-state index contributed by atoms with van der Waals surface area (Å²) >= 11 is 5.61. The molecule has 3 N–H and O–H groups in total. The number of sulfonamides is 1. The fourth-order valence-corrected chi connectivity index (χ4v) is 3.32. The van der Waals surface area contributed by atoms with Gasteiger partial charge in [0.25, 0.3) is 15.9 Å². The van der Waals surface area contributed by atoms with Crippen molar-refractivity contribution in [2.24, 2.45) is 0 Å². The molecular formula is C14H9ClFN3O5S. The Hall–Kier alpha value is -2.85. The van der Waals surface area contributed by atoms with Gasteiger partial charge in [-0.25, -0.2) is 12.8 Å². The van der Waals surface area contributed by atoms with Crippen LogP contribution in [0, 0.1) is 5.82 Å². The summed E-state index contributed by atoms with van der Waals surface area (Å²) in [6, 6.07) is 4.89. The number of hydrogen-bond acceptors (Lipinski definition) is 7. The molecular weight excluding hydrogens is 377 g/mol. The summed E-state index contributed by atoms with van der Waals surface area (Å²) in [5, 5.41) is 22.3. The zero-order valence-corrected chi connectivity index (χ0v) is 13.7. The number of aromatic hydroxyl groups is 2. The SMILES string of the molecule is O=S(=O)(Nc1cc(O)c(O)cc1-c1ncno1)c1ccc(F)c(Cl)c1. The highest BCUT2D eigenvalue weighted by atomic mass is 35.5. The van der Waals surface area contributed by atoms with Crippen LogP contribution in [0.3, 0.4) is 0 Å². The Labute approximate surface area is 145 Å². The lowest BCUT2D eigenvalue weighted by Gasteiger charge is -2.12. The van der Waals surface area contributed by atoms with Crippen molar-refractivity contribution >= 4 is 27.3 Å². The van der Waals surface area contributed by atoms with Crippen molar-refractivity contribution in [3.63, 3.8) is 0 Å². The van der Waals surface area contributed by atoms with Gasteiger partial charge in [-0.05, 0) is 24.3 Å². The lowest BCUT2D eigenvalue weighted by molar-refractivity contribution is 0.403. The van der Waals surface area contributed by atoms with E-state index in [1.807, 2.05) is 0 Å². The van der Waals surface area contributed by atoms with E-state index in [4.69, 9.17) is 16.1 Å². The topological polar surface area (TPSA) is 126 Å². The summed E-state index contributed by atoms with van der Waals surface area (Å²) in [5.74, 6) is -1.95. The molecule has 0 fully saturated rings. The number of benzene rings is 2. The molecule has 3 aromatic rings. The van der Waals surface area contributed by atoms with Gasteiger partial charge in [0, 0.05) is 6.07 Å². The van der Waals surface area contributed by atoms with Crippen LogP contribution in [0.25, 0.3) is 11.5 Å². The fraction of sp³-hybridized carbons (Fsp3) is 0. The Morgan fingerprint density at radius 2 is 1.88 bits per heavy atom. The van der Waals surface area contributed by atoms with Crippen LogP contribution in [-0.2, 0) is 10.0 Å². The maximum atomic E-state index is 13.2. The van der Waals surface area contributed by atoms with E-state index in [0.29, 0.717) is 0 Å². The summed E-state index contributed by atoms with van der Waals surface area (Å²) in [6.07, 6.45) is 1.08. The molecule has 0 spiro atoms. The van der Waals surface area contributed by atoms with Gasteiger partial charge in [0.1, 0.15) is 5.82 Å². The van der Waals surface area contributed by atoms with Gasteiger partial charge in [-0.1, -0.05) is 16.8 Å². The van der Waals surface area contributed by atoms with E-state index in [2.05, 4.69) is 14.9 Å². The van der Waals surface area contributed by atoms with Crippen LogP contribution in [0.4, 0.5) is 10.1 Å². The first-order valence-corrected chi connectivity index (χ1v) is 8.45. The maximum Gasteiger partial charge on any atom is 0.261 e. The number of nitrogens with zero attached hydrogens (tertiary/aromatic N) is 2. The third-order valence-corrected chi connectivity index (χ3v) is 4.80. The third-order valence-electron chi connectivity index (χ3n) is 3.15. The van der Waals surface area contributed by atoms with Crippen LogP contribution in [0.15, 0.2) is 46.1 Å². The number of aromatic nitrogens is 2. The van der Waals surface area contributed by atoms with E-state index < -0.39 is 27.3 Å². The molecule has 0 radical (unpaired) electrons. The van der Waals surface area contributed by atoms with Crippen LogP contribution in [-0.4, -0.2) is 28.8 Å². The normalized spacial score (nSPS) is 11.4. The molecule has 130 valence electrons. The Kier molecular flexibility index (Phi) is 4.23. The van der Waals surface area contributed by atoms with Gasteiger partial charge in [-0.2, -0.15) is 4.98 Å². The Morgan fingerprint density at radius 3 is 2.52 bits per heavy atom. The molecule has 25 heavy (non-hydrogen) atoms. The second kappa shape index (κ2) is 6.22. The first-order chi connectivity index (χ1) is 11.8. The van der Waals surface area contributed by atoms with Gasteiger partial charge >= 0.3 is 0 Å². The molecule has 0 aliphatic heterocycles. The molecule has 8 nitrogen and oxygen atoms in total. The second-order valence-electron chi connectivity index (χ2n) is 4.81. The molecule has 0 bridgehead atoms. The highest BCUT2D eigenvalue weighted by Gasteiger charge is 2.21. The van der Waals surface area contributed by atoms with Crippen molar-refractivity contribution in [1.29, 1.82) is 0 Å². The summed E-state index contributed by atoms with van der Waals surface area (Å²) in [6.45, 7) is 0. The standard InChI is InChI=1S/C14H9ClFN3O5S/c15-9-3-7(1-2-10(9)16)25(22,23)19-11-5-13(21)12(20)4-8(11)14-17-6-18-24-14/h1-6,19-21H. The highest BCUT2D eigenvalue weighted by molar-refractivity contribution is 7.92. The fourth-order valence-electron chi connectivity index (χ4n) is 1.98. The van der Waals surface area contributed by atoms with Crippen molar-refractivity contribution in [1.82, 2.24) is 10.1 Å². The van der Waals surface area contributed by atoms with Gasteiger partial charge in [-0.3, -0.25) is 4.72 Å². The lowest BCUT2D eigenvalue weighted by atomic mass is 10.1. The van der Waals surface area contributed by atoms with Gasteiger partial charge in [-0.15, -0.1) is 0 Å². The number of phenols is 2. The van der Waals surface area contributed by atoms with Gasteiger partial charge in [0.05, 0.1) is 21.2 Å². The average Bonchev–Trinajstić information content (AvgIpc) is 3.07. The van der Waals surface area contributed by atoms with E-state index in [1.54, 1.807) is 0 Å². The number of phenolic OH excluding ortho intramolecular Hbond substituents is 2. The molecule has 1 aromatic heterocycles. The molecule has 0 saturated heterocycles. The van der Waals surface area contributed by atoms with Crippen molar-refractivity contribution in [3.05, 3.63) is 47.5 Å². The number of anilines is 1.